The van der Waals surface area contributed by atoms with Gasteiger partial charge in [0.2, 0.25) is 15.9 Å². The van der Waals surface area contributed by atoms with Crippen molar-refractivity contribution in [1.82, 2.24) is 9.62 Å². The Labute approximate surface area is 183 Å². The Morgan fingerprint density at radius 1 is 1.16 bits per heavy atom. The number of ether oxygens (including phenoxy) is 1. The molecule has 2 amide bonds. The molecule has 2 aliphatic heterocycles. The second-order valence-electron chi connectivity index (χ2n) is 9.06. The van der Waals surface area contributed by atoms with Crippen LogP contribution in [0.2, 0.25) is 0 Å². The van der Waals surface area contributed by atoms with E-state index in [0.717, 1.165) is 12.8 Å². The van der Waals surface area contributed by atoms with Crippen molar-refractivity contribution in [1.29, 1.82) is 0 Å². The predicted octanol–water partition coefficient (Wildman–Crippen LogP) is 2.36. The second-order valence-corrected chi connectivity index (χ2v) is 11.0. The molecule has 2 heterocycles. The molecule has 31 heavy (non-hydrogen) atoms. The SMILES string of the molecule is CC1CCCC(NC(=O)C2CCN(S(=O)(=O)c3ccc4c(c3)NC(=O)CO4)CC2)C1C. The summed E-state index contributed by atoms with van der Waals surface area (Å²) in [6.45, 7) is 4.97. The number of hydrogen-bond acceptors (Lipinski definition) is 5. The van der Waals surface area contributed by atoms with Crippen LogP contribution in [0.5, 0.6) is 5.75 Å². The van der Waals surface area contributed by atoms with Crippen molar-refractivity contribution in [2.75, 3.05) is 25.0 Å². The minimum atomic E-state index is -3.71. The van der Waals surface area contributed by atoms with Crippen molar-refractivity contribution < 1.29 is 22.7 Å². The summed E-state index contributed by atoms with van der Waals surface area (Å²) in [5, 5.41) is 5.87. The maximum Gasteiger partial charge on any atom is 0.262 e. The first kappa shape index (κ1) is 22.1. The fraction of sp³-hybridized carbons (Fsp3) is 0.636. The summed E-state index contributed by atoms with van der Waals surface area (Å²) in [6.07, 6.45) is 4.38. The number of rotatable bonds is 4. The summed E-state index contributed by atoms with van der Waals surface area (Å²) in [6, 6.07) is 4.71. The largest absolute Gasteiger partial charge is 0.482 e. The number of nitrogens with one attached hydrogen (secondary N) is 2. The summed E-state index contributed by atoms with van der Waals surface area (Å²) in [7, 11) is -3.71. The molecule has 8 nitrogen and oxygen atoms in total. The molecule has 170 valence electrons. The lowest BCUT2D eigenvalue weighted by Crippen LogP contribution is -2.48. The van der Waals surface area contributed by atoms with Gasteiger partial charge in [-0.1, -0.05) is 26.7 Å². The molecular weight excluding hydrogens is 418 g/mol. The lowest BCUT2D eigenvalue weighted by atomic mass is 9.78. The van der Waals surface area contributed by atoms with Gasteiger partial charge in [-0.05, 0) is 49.3 Å². The van der Waals surface area contributed by atoms with Crippen molar-refractivity contribution in [3.8, 4) is 5.75 Å². The molecule has 9 heteroatoms. The van der Waals surface area contributed by atoms with Gasteiger partial charge in [0.25, 0.3) is 5.91 Å². The van der Waals surface area contributed by atoms with Crippen molar-refractivity contribution in [3.05, 3.63) is 18.2 Å². The minimum Gasteiger partial charge on any atom is -0.482 e. The Bertz CT molecular complexity index is 956. The summed E-state index contributed by atoms with van der Waals surface area (Å²) < 4.78 is 32.9. The molecule has 4 rings (SSSR count). The number of carbonyl (C=O) groups excluding carboxylic acids is 2. The average molecular weight is 450 g/mol. The zero-order valence-electron chi connectivity index (χ0n) is 18.1. The Kier molecular flexibility index (Phi) is 6.25. The summed E-state index contributed by atoms with van der Waals surface area (Å²) in [4.78, 5) is 24.5. The normalized spacial score (nSPS) is 27.7. The Hall–Kier alpha value is -2.13. The van der Waals surface area contributed by atoms with E-state index in [4.69, 9.17) is 4.74 Å². The number of nitrogens with zero attached hydrogens (tertiary/aromatic N) is 1. The van der Waals surface area contributed by atoms with Crippen molar-refractivity contribution in [3.63, 3.8) is 0 Å². The van der Waals surface area contributed by atoms with E-state index >= 15 is 0 Å². The third-order valence-electron chi connectivity index (χ3n) is 7.08. The molecule has 0 spiro atoms. The van der Waals surface area contributed by atoms with Crippen LogP contribution in [0.15, 0.2) is 23.1 Å². The van der Waals surface area contributed by atoms with E-state index in [2.05, 4.69) is 24.5 Å². The summed E-state index contributed by atoms with van der Waals surface area (Å²) >= 11 is 0. The van der Waals surface area contributed by atoms with E-state index in [1.165, 1.54) is 22.9 Å². The second kappa shape index (κ2) is 8.78. The van der Waals surface area contributed by atoms with Gasteiger partial charge in [-0.2, -0.15) is 4.31 Å². The van der Waals surface area contributed by atoms with Gasteiger partial charge in [-0.15, -0.1) is 0 Å². The van der Waals surface area contributed by atoms with Crippen LogP contribution in [-0.4, -0.2) is 50.3 Å². The number of sulfonamides is 1. The van der Waals surface area contributed by atoms with E-state index < -0.39 is 10.0 Å². The Morgan fingerprint density at radius 3 is 2.65 bits per heavy atom. The van der Waals surface area contributed by atoms with Crippen LogP contribution < -0.4 is 15.4 Å². The third-order valence-corrected chi connectivity index (χ3v) is 8.98. The van der Waals surface area contributed by atoms with Gasteiger partial charge in [-0.3, -0.25) is 9.59 Å². The molecule has 1 aliphatic carbocycles. The molecule has 2 fully saturated rings. The van der Waals surface area contributed by atoms with Gasteiger partial charge in [0.1, 0.15) is 5.75 Å². The minimum absolute atomic E-state index is 0.0524. The fourth-order valence-electron chi connectivity index (χ4n) is 4.82. The highest BCUT2D eigenvalue weighted by Gasteiger charge is 2.35. The highest BCUT2D eigenvalue weighted by Crippen LogP contribution is 2.33. The molecule has 3 unspecified atom stereocenters. The number of fused-ring (bicyclic) bond motifs is 1. The molecule has 1 aromatic rings. The molecule has 3 atom stereocenters. The maximum absolute atomic E-state index is 13.1. The topological polar surface area (TPSA) is 105 Å². The quantitative estimate of drug-likeness (QED) is 0.734. The lowest BCUT2D eigenvalue weighted by molar-refractivity contribution is -0.127. The van der Waals surface area contributed by atoms with Crippen LogP contribution in [0.1, 0.15) is 46.0 Å². The zero-order chi connectivity index (χ0) is 22.2. The Morgan fingerprint density at radius 2 is 1.90 bits per heavy atom. The van der Waals surface area contributed by atoms with E-state index in [1.807, 2.05) is 0 Å². The molecule has 1 saturated carbocycles. The van der Waals surface area contributed by atoms with Crippen LogP contribution in [-0.2, 0) is 19.6 Å². The van der Waals surface area contributed by atoms with Crippen LogP contribution in [0, 0.1) is 17.8 Å². The molecule has 1 saturated heterocycles. The van der Waals surface area contributed by atoms with E-state index in [9.17, 15) is 18.0 Å². The van der Waals surface area contributed by atoms with E-state index in [0.29, 0.717) is 49.2 Å². The molecule has 1 aromatic carbocycles. The zero-order valence-corrected chi connectivity index (χ0v) is 18.9. The third kappa shape index (κ3) is 4.57. The van der Waals surface area contributed by atoms with Crippen LogP contribution in [0.4, 0.5) is 5.69 Å². The number of amides is 2. The predicted molar refractivity (Wildman–Crippen MR) is 116 cm³/mol. The summed E-state index contributed by atoms with van der Waals surface area (Å²) in [5.74, 6) is 1.11. The van der Waals surface area contributed by atoms with Crippen LogP contribution >= 0.6 is 0 Å². The van der Waals surface area contributed by atoms with Gasteiger partial charge in [0, 0.05) is 25.0 Å². The van der Waals surface area contributed by atoms with Crippen molar-refractivity contribution in [2.45, 2.75) is 56.9 Å². The van der Waals surface area contributed by atoms with Gasteiger partial charge in [-0.25, -0.2) is 8.42 Å². The number of benzene rings is 1. The smallest absolute Gasteiger partial charge is 0.262 e. The van der Waals surface area contributed by atoms with Crippen molar-refractivity contribution in [2.24, 2.45) is 17.8 Å². The van der Waals surface area contributed by atoms with Crippen molar-refractivity contribution >= 4 is 27.5 Å². The fourth-order valence-corrected chi connectivity index (χ4v) is 6.31. The Balaban J connectivity index is 1.37. The monoisotopic (exact) mass is 449 g/mol. The number of hydrogen-bond donors (Lipinski definition) is 2. The maximum atomic E-state index is 13.1. The van der Waals surface area contributed by atoms with E-state index in [1.54, 1.807) is 6.07 Å². The standard InChI is InChI=1S/C22H31N3O5S/c1-14-4-3-5-18(15(14)2)24-22(27)16-8-10-25(11-9-16)31(28,29)17-6-7-20-19(12-17)23-21(26)13-30-20/h6-7,12,14-16,18H,3-5,8-11,13H2,1-2H3,(H,23,26)(H,24,27). The van der Waals surface area contributed by atoms with E-state index in [-0.39, 0.29) is 35.3 Å². The van der Waals surface area contributed by atoms with Crippen LogP contribution in [0.25, 0.3) is 0 Å². The van der Waals surface area contributed by atoms with Gasteiger partial charge in [0.05, 0.1) is 10.6 Å². The molecular formula is C22H31N3O5S. The van der Waals surface area contributed by atoms with Gasteiger partial charge < -0.3 is 15.4 Å². The first-order valence-electron chi connectivity index (χ1n) is 11.1. The lowest BCUT2D eigenvalue weighted by Gasteiger charge is -2.36. The van der Waals surface area contributed by atoms with Crippen LogP contribution in [0.3, 0.4) is 0 Å². The first-order valence-corrected chi connectivity index (χ1v) is 12.6. The van der Waals surface area contributed by atoms with Gasteiger partial charge in [0.15, 0.2) is 6.61 Å². The number of piperidine rings is 1. The molecule has 0 aromatic heterocycles. The highest BCUT2D eigenvalue weighted by molar-refractivity contribution is 7.89. The highest BCUT2D eigenvalue weighted by atomic mass is 32.2. The number of carbonyl (C=O) groups is 2. The average Bonchev–Trinajstić information content (AvgIpc) is 2.76. The molecule has 3 aliphatic rings. The molecule has 0 bridgehead atoms. The molecule has 2 N–H and O–H groups in total. The first-order chi connectivity index (χ1) is 14.8. The summed E-state index contributed by atoms with van der Waals surface area (Å²) in [5.41, 5.74) is 0.363. The van der Waals surface area contributed by atoms with Gasteiger partial charge >= 0.3 is 0 Å². The molecule has 0 radical (unpaired) electrons. The number of anilines is 1.